The van der Waals surface area contributed by atoms with Gasteiger partial charge in [-0.1, -0.05) is 13.8 Å². The summed E-state index contributed by atoms with van der Waals surface area (Å²) in [5.74, 6) is 1.03. The Morgan fingerprint density at radius 2 is 1.50 bits per heavy atom. The molecule has 0 aliphatic heterocycles. The van der Waals surface area contributed by atoms with Crippen LogP contribution in [-0.2, 0) is 9.36 Å². The number of hydrogen-bond donors (Lipinski definition) is 2. The number of nitrogens with one attached hydrogen (secondary N) is 2. The normalized spacial score (nSPS) is 13.5. The minimum absolute atomic E-state index is 0.294. The summed E-state index contributed by atoms with van der Waals surface area (Å²) in [6.07, 6.45) is 1.06. The number of carbonyl (C=O) groups excluding carboxylic acids is 1. The van der Waals surface area contributed by atoms with Crippen LogP contribution in [0.3, 0.4) is 0 Å². The smallest absolute Gasteiger partial charge is 0.281 e. The zero-order chi connectivity index (χ0) is 15.9. The summed E-state index contributed by atoms with van der Waals surface area (Å²) >= 11 is 17.0. The van der Waals surface area contributed by atoms with E-state index < -0.39 is 7.59 Å². The largest absolute Gasteiger partial charge is 0.303 e. The van der Waals surface area contributed by atoms with Gasteiger partial charge in [0.2, 0.25) is 0 Å². The van der Waals surface area contributed by atoms with E-state index >= 15 is 0 Å². The van der Waals surface area contributed by atoms with E-state index in [1.165, 1.54) is 0 Å². The number of halogens is 3. The molecule has 0 aromatic carbocycles. The molecule has 9 heteroatoms. The maximum atomic E-state index is 12.7. The Morgan fingerprint density at radius 1 is 1.00 bits per heavy atom. The Bertz CT molecular complexity index is 267. The Morgan fingerprint density at radius 3 is 1.90 bits per heavy atom. The summed E-state index contributed by atoms with van der Waals surface area (Å²) in [5, 5.41) is 5.74. The lowest BCUT2D eigenvalue weighted by Crippen LogP contribution is -2.39. The van der Waals surface area contributed by atoms with E-state index in [-0.39, 0.29) is 0 Å². The fourth-order valence-corrected chi connectivity index (χ4v) is 4.31. The first-order valence-corrected chi connectivity index (χ1v) is 9.88. The van der Waals surface area contributed by atoms with Crippen molar-refractivity contribution in [2.75, 3.05) is 43.8 Å². The fraction of sp³-hybridized carbons (Fsp3) is 0.909. The molecule has 1 atom stereocenters. The molecule has 0 fully saturated rings. The van der Waals surface area contributed by atoms with Crippen LogP contribution >= 0.6 is 42.4 Å². The average molecular weight is 369 g/mol. The van der Waals surface area contributed by atoms with Gasteiger partial charge in [0, 0.05) is 50.2 Å². The molecule has 0 saturated carbocycles. The van der Waals surface area contributed by atoms with Crippen molar-refractivity contribution in [1.82, 2.24) is 14.8 Å². The molecule has 5 nitrogen and oxygen atoms in total. The summed E-state index contributed by atoms with van der Waals surface area (Å²) in [7, 11) is -2.99. The maximum absolute atomic E-state index is 12.7. The zero-order valence-corrected chi connectivity index (χ0v) is 15.2. The summed E-state index contributed by atoms with van der Waals surface area (Å²) < 4.78 is 14.4. The molecule has 0 spiro atoms. The van der Waals surface area contributed by atoms with Crippen LogP contribution in [0.15, 0.2) is 0 Å². The number of aldehydes is 1. The number of hydrogen-bond acceptors (Lipinski definition) is 2. The quantitative estimate of drug-likeness (QED) is 0.240. The van der Waals surface area contributed by atoms with Crippen LogP contribution in [0.5, 0.6) is 0 Å². The number of alkyl halides is 3. The van der Waals surface area contributed by atoms with Crippen LogP contribution in [0.4, 0.5) is 0 Å². The highest BCUT2D eigenvalue weighted by molar-refractivity contribution is 7.57. The summed E-state index contributed by atoms with van der Waals surface area (Å²) in [5.41, 5.74) is 0. The molecule has 0 aromatic heterocycles. The first-order chi connectivity index (χ1) is 9.64. The molecule has 0 aliphatic rings. The second kappa shape index (κ2) is 16.0. The minimum atomic E-state index is -2.99. The Kier molecular flexibility index (Phi) is 18.4. The van der Waals surface area contributed by atoms with Gasteiger partial charge < -0.3 is 4.79 Å². The van der Waals surface area contributed by atoms with Gasteiger partial charge >= 0.3 is 0 Å². The van der Waals surface area contributed by atoms with Crippen molar-refractivity contribution < 1.29 is 9.36 Å². The van der Waals surface area contributed by atoms with E-state index in [1.807, 2.05) is 13.8 Å². The average Bonchev–Trinajstić information content (AvgIpc) is 2.47. The second-order valence-electron chi connectivity index (χ2n) is 3.37. The molecule has 20 heavy (non-hydrogen) atoms. The predicted octanol–water partition coefficient (Wildman–Crippen LogP) is 2.91. The van der Waals surface area contributed by atoms with Crippen molar-refractivity contribution in [3.05, 3.63) is 0 Å². The Hall–Kier alpha value is 0.650. The van der Waals surface area contributed by atoms with Gasteiger partial charge in [-0.25, -0.2) is 14.8 Å². The number of carbonyl (C=O) groups is 1. The third-order valence-corrected chi connectivity index (χ3v) is 5.12. The van der Waals surface area contributed by atoms with Crippen LogP contribution < -0.4 is 10.2 Å². The topological polar surface area (TPSA) is 61.4 Å². The van der Waals surface area contributed by atoms with E-state index in [1.54, 1.807) is 4.67 Å². The molecule has 0 amide bonds. The van der Waals surface area contributed by atoms with Crippen LogP contribution in [0.1, 0.15) is 20.3 Å². The van der Waals surface area contributed by atoms with E-state index in [4.69, 9.17) is 34.8 Å². The maximum Gasteiger partial charge on any atom is 0.281 e. The second-order valence-corrected chi connectivity index (χ2v) is 6.85. The fourth-order valence-electron chi connectivity index (χ4n) is 1.31. The molecule has 0 saturated heterocycles. The molecule has 0 heterocycles. The summed E-state index contributed by atoms with van der Waals surface area (Å²) in [4.78, 5) is 10.3. The van der Waals surface area contributed by atoms with Crippen molar-refractivity contribution in [3.63, 3.8) is 0 Å². The molecular weight excluding hydrogens is 343 g/mol. The van der Waals surface area contributed by atoms with Crippen LogP contribution in [-0.4, -0.2) is 54.8 Å². The highest BCUT2D eigenvalue weighted by atomic mass is 35.5. The Labute approximate surface area is 137 Å². The highest BCUT2D eigenvalue weighted by Crippen LogP contribution is 2.40. The van der Waals surface area contributed by atoms with Gasteiger partial charge in [0.15, 0.2) is 0 Å². The molecule has 0 aromatic rings. The lowest BCUT2D eigenvalue weighted by Gasteiger charge is -2.31. The first kappa shape index (κ1) is 22.9. The first-order valence-electron chi connectivity index (χ1n) is 6.62. The van der Waals surface area contributed by atoms with Gasteiger partial charge in [-0.2, -0.15) is 0 Å². The van der Waals surface area contributed by atoms with Crippen molar-refractivity contribution in [2.24, 2.45) is 0 Å². The molecule has 1 unspecified atom stereocenters. The van der Waals surface area contributed by atoms with Gasteiger partial charge in [0.1, 0.15) is 6.29 Å². The van der Waals surface area contributed by atoms with Crippen molar-refractivity contribution in [2.45, 2.75) is 20.3 Å². The van der Waals surface area contributed by atoms with Gasteiger partial charge in [0.05, 0.1) is 0 Å². The highest BCUT2D eigenvalue weighted by Gasteiger charge is 2.28. The number of rotatable bonds is 12. The molecule has 0 bridgehead atoms. The van der Waals surface area contributed by atoms with Gasteiger partial charge in [-0.05, 0) is 0 Å². The monoisotopic (exact) mass is 367 g/mol. The van der Waals surface area contributed by atoms with Crippen LogP contribution in [0, 0.1) is 0 Å². The molecule has 2 N–H and O–H groups in total. The van der Waals surface area contributed by atoms with Gasteiger partial charge in [0.25, 0.3) is 7.59 Å². The van der Waals surface area contributed by atoms with E-state index in [9.17, 15) is 9.36 Å². The molecule has 0 aliphatic carbocycles. The third kappa shape index (κ3) is 10.4. The van der Waals surface area contributed by atoms with E-state index in [0.717, 1.165) is 6.29 Å². The third-order valence-electron chi connectivity index (χ3n) is 2.09. The van der Waals surface area contributed by atoms with Crippen LogP contribution in [0.25, 0.3) is 0 Å². The standard InChI is InChI=1S/C9H19Cl3N3O2P.C2H6/c10-2-6-14-18(17,13-5-1-9-16)15(7-3-11)8-4-12;1-2/h9H,1-8H2,(H2,13,14,17);1-2H3. The van der Waals surface area contributed by atoms with Crippen molar-refractivity contribution in [3.8, 4) is 0 Å². The lowest BCUT2D eigenvalue weighted by atomic mass is 10.5. The molecular formula is C11H25Cl3N3O2P. The molecule has 0 radical (unpaired) electrons. The van der Waals surface area contributed by atoms with E-state index in [0.29, 0.717) is 50.2 Å². The zero-order valence-electron chi connectivity index (χ0n) is 12.1. The number of nitrogens with zero attached hydrogens (tertiary/aromatic N) is 1. The summed E-state index contributed by atoms with van der Waals surface area (Å²) in [6, 6.07) is 0. The van der Waals surface area contributed by atoms with Gasteiger partial charge in [-0.15, -0.1) is 34.8 Å². The summed E-state index contributed by atoms with van der Waals surface area (Å²) in [6.45, 7) is 5.61. The van der Waals surface area contributed by atoms with Crippen LogP contribution in [0.2, 0.25) is 0 Å². The molecule has 0 rings (SSSR count). The van der Waals surface area contributed by atoms with Crippen molar-refractivity contribution >= 4 is 48.7 Å². The SMILES string of the molecule is CC.O=CCCNP(=O)(NCCCl)N(CCCl)CCCl. The minimum Gasteiger partial charge on any atom is -0.303 e. The predicted molar refractivity (Wildman–Crippen MR) is 89.4 cm³/mol. The van der Waals surface area contributed by atoms with Crippen molar-refractivity contribution in [1.29, 1.82) is 0 Å². The van der Waals surface area contributed by atoms with E-state index in [2.05, 4.69) is 10.2 Å². The van der Waals surface area contributed by atoms with Gasteiger partial charge in [-0.3, -0.25) is 4.57 Å². The lowest BCUT2D eigenvalue weighted by molar-refractivity contribution is -0.107. The Balaban J connectivity index is 0. The molecule has 122 valence electrons.